The van der Waals surface area contributed by atoms with Crippen LogP contribution in [0.25, 0.3) is 0 Å². The van der Waals surface area contributed by atoms with E-state index in [0.717, 1.165) is 10.0 Å². The van der Waals surface area contributed by atoms with Gasteiger partial charge in [-0.1, -0.05) is 46.3 Å². The van der Waals surface area contributed by atoms with Gasteiger partial charge in [0.05, 0.1) is 0 Å². The molecule has 0 saturated heterocycles. The van der Waals surface area contributed by atoms with Crippen LogP contribution in [0.3, 0.4) is 0 Å². The van der Waals surface area contributed by atoms with E-state index in [-0.39, 0.29) is 11.8 Å². The number of urea groups is 1. The fraction of sp³-hybridized carbons (Fsp3) is 0.188. The van der Waals surface area contributed by atoms with E-state index in [1.54, 1.807) is 18.2 Å². The molecule has 3 nitrogen and oxygen atoms in total. The largest absolute Gasteiger partial charge is 0.338 e. The van der Waals surface area contributed by atoms with Crippen molar-refractivity contribution in [2.45, 2.75) is 13.0 Å². The molecule has 2 aromatic rings. The molecule has 0 aliphatic carbocycles. The molecule has 0 bridgehead atoms. The number of nitrogens with one attached hydrogen (secondary N) is 2. The summed E-state index contributed by atoms with van der Waals surface area (Å²) in [4.78, 5) is 11.6. The second kappa shape index (κ2) is 7.78. The van der Waals surface area contributed by atoms with Crippen LogP contribution >= 0.6 is 15.9 Å². The normalized spacial score (nSPS) is 10.2. The quantitative estimate of drug-likeness (QED) is 0.849. The Morgan fingerprint density at radius 3 is 2.48 bits per heavy atom. The van der Waals surface area contributed by atoms with Crippen LogP contribution in [0, 0.1) is 5.82 Å². The number of rotatable bonds is 5. The maximum absolute atomic E-state index is 13.4. The van der Waals surface area contributed by atoms with Gasteiger partial charge in [-0.25, -0.2) is 9.18 Å². The summed E-state index contributed by atoms with van der Waals surface area (Å²) < 4.78 is 14.4. The highest BCUT2D eigenvalue weighted by Gasteiger charge is 2.03. The molecule has 2 aromatic carbocycles. The van der Waals surface area contributed by atoms with Crippen LogP contribution in [0.5, 0.6) is 0 Å². The van der Waals surface area contributed by atoms with Crippen LogP contribution in [0.1, 0.15) is 11.1 Å². The summed E-state index contributed by atoms with van der Waals surface area (Å²) in [6.45, 7) is 0.853. The molecular weight excluding hydrogens is 335 g/mol. The Labute approximate surface area is 131 Å². The van der Waals surface area contributed by atoms with E-state index in [0.29, 0.717) is 25.1 Å². The Morgan fingerprint density at radius 1 is 1.05 bits per heavy atom. The number of carbonyl (C=O) groups is 1. The minimum absolute atomic E-state index is 0.241. The lowest BCUT2D eigenvalue weighted by molar-refractivity contribution is 0.240. The molecule has 2 N–H and O–H groups in total. The van der Waals surface area contributed by atoms with Crippen molar-refractivity contribution >= 4 is 22.0 Å². The van der Waals surface area contributed by atoms with Crippen LogP contribution in [-0.4, -0.2) is 12.6 Å². The van der Waals surface area contributed by atoms with Gasteiger partial charge >= 0.3 is 6.03 Å². The molecule has 0 unspecified atom stereocenters. The number of amides is 2. The summed E-state index contributed by atoms with van der Waals surface area (Å²) in [6.07, 6.45) is 0.471. The van der Waals surface area contributed by atoms with E-state index < -0.39 is 0 Å². The Morgan fingerprint density at radius 2 is 1.76 bits per heavy atom. The Bertz CT molecular complexity index is 601. The second-order valence-electron chi connectivity index (χ2n) is 4.58. The Kier molecular flexibility index (Phi) is 5.75. The fourth-order valence-electron chi connectivity index (χ4n) is 1.86. The van der Waals surface area contributed by atoms with Crippen LogP contribution in [0.15, 0.2) is 53.0 Å². The average Bonchev–Trinajstić information content (AvgIpc) is 2.49. The van der Waals surface area contributed by atoms with Crippen molar-refractivity contribution in [3.8, 4) is 0 Å². The first-order valence-corrected chi connectivity index (χ1v) is 7.44. The SMILES string of the molecule is O=C(NCCc1ccccc1F)NCc1ccc(Br)cc1. The molecule has 0 aliphatic heterocycles. The van der Waals surface area contributed by atoms with Crippen molar-refractivity contribution in [2.75, 3.05) is 6.54 Å². The van der Waals surface area contributed by atoms with E-state index in [1.807, 2.05) is 24.3 Å². The standard InChI is InChI=1S/C16H16BrFN2O/c17-14-7-5-12(6-8-14)11-20-16(21)19-10-9-13-3-1-2-4-15(13)18/h1-8H,9-11H2,(H2,19,20,21). The van der Waals surface area contributed by atoms with Crippen LogP contribution in [-0.2, 0) is 13.0 Å². The number of hydrogen-bond acceptors (Lipinski definition) is 1. The highest BCUT2D eigenvalue weighted by atomic mass is 79.9. The van der Waals surface area contributed by atoms with Crippen LogP contribution in [0.4, 0.5) is 9.18 Å². The van der Waals surface area contributed by atoms with Gasteiger partial charge in [-0.2, -0.15) is 0 Å². The van der Waals surface area contributed by atoms with Crippen molar-refractivity contribution < 1.29 is 9.18 Å². The molecule has 0 aromatic heterocycles. The number of carbonyl (C=O) groups excluding carboxylic acids is 1. The summed E-state index contributed by atoms with van der Waals surface area (Å²) in [5.74, 6) is -0.241. The van der Waals surface area contributed by atoms with Crippen molar-refractivity contribution in [1.82, 2.24) is 10.6 Å². The fourth-order valence-corrected chi connectivity index (χ4v) is 2.12. The molecule has 0 aliphatic rings. The molecule has 0 atom stereocenters. The highest BCUT2D eigenvalue weighted by molar-refractivity contribution is 9.10. The molecule has 0 heterocycles. The first-order valence-electron chi connectivity index (χ1n) is 6.65. The maximum atomic E-state index is 13.4. The van der Waals surface area contributed by atoms with Gasteiger partial charge in [0.15, 0.2) is 0 Å². The van der Waals surface area contributed by atoms with Gasteiger partial charge in [-0.05, 0) is 35.7 Å². The minimum atomic E-state index is -0.255. The molecule has 0 saturated carbocycles. The topological polar surface area (TPSA) is 41.1 Å². The number of benzene rings is 2. The number of hydrogen-bond donors (Lipinski definition) is 2. The average molecular weight is 351 g/mol. The van der Waals surface area contributed by atoms with Crippen molar-refractivity contribution in [2.24, 2.45) is 0 Å². The zero-order valence-corrected chi connectivity index (χ0v) is 13.0. The summed E-state index contributed by atoms with van der Waals surface area (Å²) in [5, 5.41) is 5.47. The lowest BCUT2D eigenvalue weighted by Crippen LogP contribution is -2.36. The third-order valence-electron chi connectivity index (χ3n) is 3.00. The maximum Gasteiger partial charge on any atom is 0.315 e. The van der Waals surface area contributed by atoms with Crippen molar-refractivity contribution in [3.63, 3.8) is 0 Å². The lowest BCUT2D eigenvalue weighted by Gasteiger charge is -2.08. The lowest BCUT2D eigenvalue weighted by atomic mass is 10.1. The van der Waals surface area contributed by atoms with Crippen LogP contribution < -0.4 is 10.6 Å². The zero-order chi connectivity index (χ0) is 15.1. The predicted molar refractivity (Wildman–Crippen MR) is 84.5 cm³/mol. The first kappa shape index (κ1) is 15.5. The van der Waals surface area contributed by atoms with E-state index in [9.17, 15) is 9.18 Å². The molecule has 0 fully saturated rings. The van der Waals surface area contributed by atoms with Gasteiger partial charge in [-0.15, -0.1) is 0 Å². The van der Waals surface area contributed by atoms with Gasteiger partial charge in [-0.3, -0.25) is 0 Å². The minimum Gasteiger partial charge on any atom is -0.338 e. The molecular formula is C16H16BrFN2O. The first-order chi connectivity index (χ1) is 10.1. The van der Waals surface area contributed by atoms with Gasteiger partial charge in [0.2, 0.25) is 0 Å². The Balaban J connectivity index is 1.70. The molecule has 21 heavy (non-hydrogen) atoms. The van der Waals surface area contributed by atoms with Crippen molar-refractivity contribution in [1.29, 1.82) is 0 Å². The van der Waals surface area contributed by atoms with E-state index in [2.05, 4.69) is 26.6 Å². The molecule has 0 spiro atoms. The Hall–Kier alpha value is -1.88. The summed E-state index contributed by atoms with van der Waals surface area (Å²) in [5.41, 5.74) is 1.62. The molecule has 2 rings (SSSR count). The van der Waals surface area contributed by atoms with Crippen molar-refractivity contribution in [3.05, 3.63) is 69.9 Å². The summed E-state index contributed by atoms with van der Waals surface area (Å²) >= 11 is 3.36. The van der Waals surface area contributed by atoms with E-state index >= 15 is 0 Å². The summed E-state index contributed by atoms with van der Waals surface area (Å²) in [6, 6.07) is 14.0. The third kappa shape index (κ3) is 5.19. The smallest absolute Gasteiger partial charge is 0.315 e. The molecule has 2 amide bonds. The second-order valence-corrected chi connectivity index (χ2v) is 5.49. The third-order valence-corrected chi connectivity index (χ3v) is 3.53. The van der Waals surface area contributed by atoms with Crippen LogP contribution in [0.2, 0.25) is 0 Å². The molecule has 0 radical (unpaired) electrons. The monoisotopic (exact) mass is 350 g/mol. The molecule has 110 valence electrons. The summed E-state index contributed by atoms with van der Waals surface area (Å²) in [7, 11) is 0. The number of halogens is 2. The van der Waals surface area contributed by atoms with E-state index in [1.165, 1.54) is 6.07 Å². The van der Waals surface area contributed by atoms with Gasteiger partial charge in [0, 0.05) is 17.6 Å². The predicted octanol–water partition coefficient (Wildman–Crippen LogP) is 3.63. The zero-order valence-electron chi connectivity index (χ0n) is 11.4. The van der Waals surface area contributed by atoms with Gasteiger partial charge in [0.25, 0.3) is 0 Å². The van der Waals surface area contributed by atoms with Gasteiger partial charge in [0.1, 0.15) is 5.82 Å². The highest BCUT2D eigenvalue weighted by Crippen LogP contribution is 2.10. The molecule has 5 heteroatoms. The van der Waals surface area contributed by atoms with Gasteiger partial charge < -0.3 is 10.6 Å². The van der Waals surface area contributed by atoms with E-state index in [4.69, 9.17) is 0 Å².